The smallest absolute Gasteiger partial charge is 0.124 e. The predicted octanol–water partition coefficient (Wildman–Crippen LogP) is 2.57. The summed E-state index contributed by atoms with van der Waals surface area (Å²) < 4.78 is 5.44. The van der Waals surface area contributed by atoms with Crippen LogP contribution in [0.1, 0.15) is 30.6 Å². The summed E-state index contributed by atoms with van der Waals surface area (Å²) in [5.41, 5.74) is 1.99. The van der Waals surface area contributed by atoms with Gasteiger partial charge in [0.05, 0.1) is 25.0 Å². The Bertz CT molecular complexity index is 502. The molecule has 0 radical (unpaired) electrons. The van der Waals surface area contributed by atoms with Gasteiger partial charge in [-0.1, -0.05) is 25.1 Å². The van der Waals surface area contributed by atoms with Crippen molar-refractivity contribution in [1.29, 1.82) is 0 Å². The van der Waals surface area contributed by atoms with E-state index in [0.29, 0.717) is 0 Å². The number of methoxy groups -OCH3 is 1. The number of hydrogen-bond acceptors (Lipinski definition) is 4. The van der Waals surface area contributed by atoms with E-state index in [1.54, 1.807) is 25.7 Å². The molecule has 0 saturated heterocycles. The number of ether oxygens (including phenoxy) is 1. The van der Waals surface area contributed by atoms with Gasteiger partial charge in [-0.15, -0.1) is 0 Å². The molecule has 1 aromatic carbocycles. The zero-order chi connectivity index (χ0) is 13.5. The highest BCUT2D eigenvalue weighted by molar-refractivity contribution is 5.39. The van der Waals surface area contributed by atoms with Gasteiger partial charge in [0.15, 0.2) is 0 Å². The molecule has 1 aromatic heterocycles. The van der Waals surface area contributed by atoms with Gasteiger partial charge in [0, 0.05) is 18.0 Å². The van der Waals surface area contributed by atoms with Gasteiger partial charge in [-0.25, -0.2) is 0 Å². The lowest BCUT2D eigenvalue weighted by molar-refractivity contribution is 0.403. The summed E-state index contributed by atoms with van der Waals surface area (Å²) in [6.07, 6.45) is 6.25. The van der Waals surface area contributed by atoms with E-state index in [4.69, 9.17) is 4.74 Å². The summed E-state index contributed by atoms with van der Waals surface area (Å²) >= 11 is 0. The van der Waals surface area contributed by atoms with Crippen LogP contribution in [0.25, 0.3) is 0 Å². The van der Waals surface area contributed by atoms with Gasteiger partial charge in [-0.3, -0.25) is 9.97 Å². The van der Waals surface area contributed by atoms with Crippen LogP contribution in [0.15, 0.2) is 42.9 Å². The van der Waals surface area contributed by atoms with Crippen LogP contribution in [0.3, 0.4) is 0 Å². The first kappa shape index (κ1) is 13.5. The maximum Gasteiger partial charge on any atom is 0.124 e. The van der Waals surface area contributed by atoms with Crippen molar-refractivity contribution in [2.75, 3.05) is 13.7 Å². The average Bonchev–Trinajstić information content (AvgIpc) is 2.49. The average molecular weight is 257 g/mol. The Kier molecular flexibility index (Phi) is 4.86. The van der Waals surface area contributed by atoms with Gasteiger partial charge in [-0.05, 0) is 19.0 Å². The quantitative estimate of drug-likeness (QED) is 0.864. The van der Waals surface area contributed by atoms with E-state index in [1.165, 1.54) is 0 Å². The second-order valence-electron chi connectivity index (χ2n) is 4.26. The number of aromatic nitrogens is 2. The molecule has 1 N–H and O–H groups in total. The van der Waals surface area contributed by atoms with Crippen molar-refractivity contribution in [2.24, 2.45) is 0 Å². The Labute approximate surface area is 113 Å². The molecule has 0 spiro atoms. The summed E-state index contributed by atoms with van der Waals surface area (Å²) in [5, 5.41) is 3.49. The number of nitrogens with one attached hydrogen (secondary N) is 1. The number of nitrogens with zero attached hydrogens (tertiary/aromatic N) is 2. The Morgan fingerprint density at radius 3 is 2.79 bits per heavy atom. The van der Waals surface area contributed by atoms with Gasteiger partial charge < -0.3 is 10.1 Å². The molecule has 0 bridgehead atoms. The second kappa shape index (κ2) is 6.85. The van der Waals surface area contributed by atoms with Crippen LogP contribution in [0.2, 0.25) is 0 Å². The molecular weight excluding hydrogens is 238 g/mol. The first-order valence-electron chi connectivity index (χ1n) is 6.49. The SMILES string of the molecule is CCCNC(c1cnccn1)c1ccccc1OC. The molecule has 2 rings (SSSR count). The van der Waals surface area contributed by atoms with Crippen LogP contribution < -0.4 is 10.1 Å². The Balaban J connectivity index is 2.37. The molecule has 19 heavy (non-hydrogen) atoms. The summed E-state index contributed by atoms with van der Waals surface area (Å²) in [6, 6.07) is 8.00. The minimum atomic E-state index is 0.00444. The molecule has 0 aliphatic carbocycles. The lowest BCUT2D eigenvalue weighted by Gasteiger charge is -2.20. The van der Waals surface area contributed by atoms with E-state index in [-0.39, 0.29) is 6.04 Å². The van der Waals surface area contributed by atoms with Crippen molar-refractivity contribution < 1.29 is 4.74 Å². The number of rotatable bonds is 6. The highest BCUT2D eigenvalue weighted by atomic mass is 16.5. The molecule has 0 aliphatic rings. The van der Waals surface area contributed by atoms with Crippen LogP contribution in [-0.2, 0) is 0 Å². The van der Waals surface area contributed by atoms with Gasteiger partial charge in [-0.2, -0.15) is 0 Å². The first-order valence-corrected chi connectivity index (χ1v) is 6.49. The molecule has 2 aromatic rings. The van der Waals surface area contributed by atoms with E-state index < -0.39 is 0 Å². The standard InChI is InChI=1S/C15H19N3O/c1-3-8-18-15(13-11-16-9-10-17-13)12-6-4-5-7-14(12)19-2/h4-7,9-11,15,18H,3,8H2,1-2H3. The molecular formula is C15H19N3O. The largest absolute Gasteiger partial charge is 0.496 e. The molecule has 1 atom stereocenters. The van der Waals surface area contributed by atoms with Crippen LogP contribution >= 0.6 is 0 Å². The fraction of sp³-hybridized carbons (Fsp3) is 0.333. The van der Waals surface area contributed by atoms with Gasteiger partial charge in [0.25, 0.3) is 0 Å². The maximum atomic E-state index is 5.44. The van der Waals surface area contributed by atoms with Crippen LogP contribution in [0, 0.1) is 0 Å². The zero-order valence-electron chi connectivity index (χ0n) is 11.3. The molecule has 1 unspecified atom stereocenters. The topological polar surface area (TPSA) is 47.0 Å². The van der Waals surface area contributed by atoms with Crippen molar-refractivity contribution in [2.45, 2.75) is 19.4 Å². The van der Waals surface area contributed by atoms with E-state index in [9.17, 15) is 0 Å². The minimum absolute atomic E-state index is 0.00444. The van der Waals surface area contributed by atoms with E-state index in [0.717, 1.165) is 30.0 Å². The molecule has 1 heterocycles. The zero-order valence-corrected chi connectivity index (χ0v) is 11.3. The molecule has 100 valence electrons. The van der Waals surface area contributed by atoms with E-state index >= 15 is 0 Å². The number of hydrogen-bond donors (Lipinski definition) is 1. The monoisotopic (exact) mass is 257 g/mol. The number of para-hydroxylation sites is 1. The van der Waals surface area contributed by atoms with Gasteiger partial charge in [0.2, 0.25) is 0 Å². The Morgan fingerprint density at radius 2 is 2.11 bits per heavy atom. The second-order valence-corrected chi connectivity index (χ2v) is 4.26. The normalized spacial score (nSPS) is 12.1. The predicted molar refractivity (Wildman–Crippen MR) is 75.2 cm³/mol. The molecule has 4 nitrogen and oxygen atoms in total. The van der Waals surface area contributed by atoms with Gasteiger partial charge in [0.1, 0.15) is 5.75 Å². The summed E-state index contributed by atoms with van der Waals surface area (Å²) in [5.74, 6) is 0.863. The van der Waals surface area contributed by atoms with Crippen molar-refractivity contribution in [3.63, 3.8) is 0 Å². The Morgan fingerprint density at radius 1 is 1.26 bits per heavy atom. The fourth-order valence-electron chi connectivity index (χ4n) is 2.03. The van der Waals surface area contributed by atoms with Crippen molar-refractivity contribution in [3.05, 3.63) is 54.1 Å². The lowest BCUT2D eigenvalue weighted by Crippen LogP contribution is -2.24. The molecule has 0 aliphatic heterocycles. The summed E-state index contributed by atoms with van der Waals surface area (Å²) in [7, 11) is 1.69. The molecule has 4 heteroatoms. The van der Waals surface area contributed by atoms with Gasteiger partial charge >= 0.3 is 0 Å². The third kappa shape index (κ3) is 3.29. The molecule has 0 fully saturated rings. The van der Waals surface area contributed by atoms with Crippen molar-refractivity contribution in [3.8, 4) is 5.75 Å². The third-order valence-corrected chi connectivity index (χ3v) is 2.93. The first-order chi connectivity index (χ1) is 9.36. The van der Waals surface area contributed by atoms with Crippen LogP contribution in [0.5, 0.6) is 5.75 Å². The van der Waals surface area contributed by atoms with E-state index in [1.807, 2.05) is 18.2 Å². The highest BCUT2D eigenvalue weighted by Crippen LogP contribution is 2.28. The number of benzene rings is 1. The highest BCUT2D eigenvalue weighted by Gasteiger charge is 2.18. The minimum Gasteiger partial charge on any atom is -0.496 e. The van der Waals surface area contributed by atoms with Crippen molar-refractivity contribution in [1.82, 2.24) is 15.3 Å². The van der Waals surface area contributed by atoms with Crippen molar-refractivity contribution >= 4 is 0 Å². The van der Waals surface area contributed by atoms with Crippen LogP contribution in [0.4, 0.5) is 0 Å². The Hall–Kier alpha value is -1.94. The maximum absolute atomic E-state index is 5.44. The third-order valence-electron chi connectivity index (χ3n) is 2.93. The summed E-state index contributed by atoms with van der Waals surface area (Å²) in [4.78, 5) is 8.55. The van der Waals surface area contributed by atoms with E-state index in [2.05, 4.69) is 28.3 Å². The molecule has 0 saturated carbocycles. The lowest BCUT2D eigenvalue weighted by atomic mass is 10.0. The summed E-state index contributed by atoms with van der Waals surface area (Å²) in [6.45, 7) is 3.06. The molecule has 0 amide bonds. The fourth-order valence-corrected chi connectivity index (χ4v) is 2.03. The van der Waals surface area contributed by atoms with Crippen LogP contribution in [-0.4, -0.2) is 23.6 Å².